The first kappa shape index (κ1) is 14.1. The van der Waals surface area contributed by atoms with Crippen molar-refractivity contribution in [2.45, 2.75) is 0 Å². The fourth-order valence-corrected chi connectivity index (χ4v) is 1.97. The molecule has 0 atom stereocenters. The molecule has 2 rings (SSSR count). The van der Waals surface area contributed by atoms with E-state index in [-0.39, 0.29) is 28.6 Å². The third kappa shape index (κ3) is 3.19. The van der Waals surface area contributed by atoms with E-state index in [0.29, 0.717) is 10.0 Å². The molecule has 2 aromatic carbocycles. The van der Waals surface area contributed by atoms with E-state index >= 15 is 0 Å². The number of carbonyl (C=O) groups excluding carboxylic acids is 1. The van der Waals surface area contributed by atoms with Crippen LogP contribution in [0.1, 0.15) is 15.9 Å². The Balaban J connectivity index is 2.22. The molecule has 0 aliphatic heterocycles. The first-order chi connectivity index (χ1) is 9.47. The summed E-state index contributed by atoms with van der Waals surface area (Å²) in [5.41, 5.74) is 0.748. The van der Waals surface area contributed by atoms with E-state index in [2.05, 4.69) is 15.9 Å². The lowest BCUT2D eigenvalue weighted by molar-refractivity contribution is 0.104. The van der Waals surface area contributed by atoms with Crippen molar-refractivity contribution in [1.82, 2.24) is 0 Å². The average molecular weight is 335 g/mol. The van der Waals surface area contributed by atoms with Gasteiger partial charge in [-0.15, -0.1) is 0 Å². The fraction of sp³-hybridized carbons (Fsp3) is 0. The molecule has 2 aromatic rings. The molecule has 102 valence electrons. The summed E-state index contributed by atoms with van der Waals surface area (Å²) in [6.07, 6.45) is 2.78. The Morgan fingerprint density at radius 2 is 1.70 bits per heavy atom. The molecule has 0 aliphatic carbocycles. The minimum absolute atomic E-state index is 0.109. The van der Waals surface area contributed by atoms with Crippen molar-refractivity contribution >= 4 is 27.8 Å². The number of halogens is 1. The molecule has 0 unspecified atom stereocenters. The van der Waals surface area contributed by atoms with Crippen molar-refractivity contribution < 1.29 is 20.1 Å². The van der Waals surface area contributed by atoms with Crippen LogP contribution in [0, 0.1) is 0 Å². The summed E-state index contributed by atoms with van der Waals surface area (Å²) in [6, 6.07) is 8.83. The predicted molar refractivity (Wildman–Crippen MR) is 78.9 cm³/mol. The second kappa shape index (κ2) is 5.79. The summed E-state index contributed by atoms with van der Waals surface area (Å²) in [4.78, 5) is 11.9. The van der Waals surface area contributed by atoms with E-state index in [1.54, 1.807) is 12.1 Å². The number of allylic oxidation sites excluding steroid dienone is 1. The van der Waals surface area contributed by atoms with Crippen LogP contribution in [0.2, 0.25) is 0 Å². The number of carbonyl (C=O) groups is 1. The van der Waals surface area contributed by atoms with Gasteiger partial charge in [0.15, 0.2) is 17.3 Å². The van der Waals surface area contributed by atoms with E-state index in [9.17, 15) is 20.1 Å². The monoisotopic (exact) mass is 334 g/mol. The van der Waals surface area contributed by atoms with Crippen LogP contribution in [0.25, 0.3) is 6.08 Å². The van der Waals surface area contributed by atoms with Crippen LogP contribution in [0.3, 0.4) is 0 Å². The SMILES string of the molecule is O=C(/C=C/c1ccc(O)c(O)c1)c1ccc(Br)cc1O. The van der Waals surface area contributed by atoms with Crippen molar-refractivity contribution in [3.63, 3.8) is 0 Å². The van der Waals surface area contributed by atoms with Gasteiger partial charge in [-0.2, -0.15) is 0 Å². The van der Waals surface area contributed by atoms with Gasteiger partial charge in [-0.05, 0) is 42.0 Å². The molecule has 0 saturated heterocycles. The second-order valence-corrected chi connectivity index (χ2v) is 5.02. The molecular formula is C15H11BrO4. The lowest BCUT2D eigenvalue weighted by atomic mass is 10.1. The Labute approximate surface area is 123 Å². The minimum Gasteiger partial charge on any atom is -0.507 e. The summed E-state index contributed by atoms with van der Waals surface area (Å²) in [5.74, 6) is -0.949. The van der Waals surface area contributed by atoms with Crippen LogP contribution in [-0.2, 0) is 0 Å². The Kier molecular flexibility index (Phi) is 4.10. The minimum atomic E-state index is -0.359. The molecule has 3 N–H and O–H groups in total. The van der Waals surface area contributed by atoms with E-state index in [0.717, 1.165) is 0 Å². The van der Waals surface area contributed by atoms with Crippen LogP contribution in [0.5, 0.6) is 17.2 Å². The summed E-state index contributed by atoms with van der Waals surface area (Å²) in [7, 11) is 0. The van der Waals surface area contributed by atoms with Crippen molar-refractivity contribution in [2.24, 2.45) is 0 Å². The zero-order valence-corrected chi connectivity index (χ0v) is 11.8. The highest BCUT2D eigenvalue weighted by Gasteiger charge is 2.08. The largest absolute Gasteiger partial charge is 0.507 e. The molecule has 20 heavy (non-hydrogen) atoms. The van der Waals surface area contributed by atoms with Gasteiger partial charge in [-0.3, -0.25) is 4.79 Å². The second-order valence-electron chi connectivity index (χ2n) is 4.11. The first-order valence-electron chi connectivity index (χ1n) is 5.70. The Bertz CT molecular complexity index is 692. The maximum absolute atomic E-state index is 11.9. The normalized spacial score (nSPS) is 10.8. The molecule has 0 amide bonds. The first-order valence-corrected chi connectivity index (χ1v) is 6.49. The van der Waals surface area contributed by atoms with Gasteiger partial charge in [0.2, 0.25) is 0 Å². The van der Waals surface area contributed by atoms with Crippen LogP contribution in [-0.4, -0.2) is 21.1 Å². The highest BCUT2D eigenvalue weighted by molar-refractivity contribution is 9.10. The maximum Gasteiger partial charge on any atom is 0.189 e. The van der Waals surface area contributed by atoms with Crippen molar-refractivity contribution in [1.29, 1.82) is 0 Å². The lowest BCUT2D eigenvalue weighted by Crippen LogP contribution is -1.94. The zero-order chi connectivity index (χ0) is 14.7. The van der Waals surface area contributed by atoms with E-state index in [4.69, 9.17) is 0 Å². The van der Waals surface area contributed by atoms with Crippen LogP contribution in [0.15, 0.2) is 46.9 Å². The number of aromatic hydroxyl groups is 3. The number of hydrogen-bond acceptors (Lipinski definition) is 4. The van der Waals surface area contributed by atoms with Crippen LogP contribution >= 0.6 is 15.9 Å². The number of benzene rings is 2. The Hall–Kier alpha value is -2.27. The Morgan fingerprint density at radius 1 is 0.950 bits per heavy atom. The average Bonchev–Trinajstić information content (AvgIpc) is 2.40. The summed E-state index contributed by atoms with van der Waals surface area (Å²) < 4.78 is 0.680. The third-order valence-electron chi connectivity index (χ3n) is 2.65. The smallest absolute Gasteiger partial charge is 0.189 e. The van der Waals surface area contributed by atoms with Gasteiger partial charge in [0.25, 0.3) is 0 Å². The van der Waals surface area contributed by atoms with Gasteiger partial charge < -0.3 is 15.3 Å². The number of ketones is 1. The molecule has 0 bridgehead atoms. The topological polar surface area (TPSA) is 77.8 Å². The molecule has 0 radical (unpaired) electrons. The van der Waals surface area contributed by atoms with Gasteiger partial charge in [0.05, 0.1) is 5.56 Å². The van der Waals surface area contributed by atoms with Crippen LogP contribution in [0.4, 0.5) is 0 Å². The maximum atomic E-state index is 11.9. The van der Waals surface area contributed by atoms with E-state index in [1.807, 2.05) is 0 Å². The summed E-state index contributed by atoms with van der Waals surface area (Å²) >= 11 is 3.20. The number of rotatable bonds is 3. The van der Waals surface area contributed by atoms with Gasteiger partial charge in [0.1, 0.15) is 5.75 Å². The molecular weight excluding hydrogens is 324 g/mol. The van der Waals surface area contributed by atoms with Gasteiger partial charge >= 0.3 is 0 Å². The van der Waals surface area contributed by atoms with E-state index < -0.39 is 0 Å². The number of phenols is 3. The molecule has 0 fully saturated rings. The quantitative estimate of drug-likeness (QED) is 0.456. The molecule has 5 heteroatoms. The standard InChI is InChI=1S/C15H11BrO4/c16-10-3-4-11(14(19)8-10)12(17)5-1-9-2-6-13(18)15(20)7-9/h1-8,18-20H/b5-1+. The third-order valence-corrected chi connectivity index (χ3v) is 3.15. The van der Waals surface area contributed by atoms with Crippen molar-refractivity contribution in [3.05, 3.63) is 58.1 Å². The number of hydrogen-bond donors (Lipinski definition) is 3. The molecule has 0 aliphatic rings. The zero-order valence-electron chi connectivity index (χ0n) is 10.2. The molecule has 0 saturated carbocycles. The lowest BCUT2D eigenvalue weighted by Gasteiger charge is -2.01. The van der Waals surface area contributed by atoms with Gasteiger partial charge in [0, 0.05) is 4.47 Å². The summed E-state index contributed by atoms with van der Waals surface area (Å²) in [6.45, 7) is 0. The van der Waals surface area contributed by atoms with Crippen molar-refractivity contribution in [2.75, 3.05) is 0 Å². The number of phenolic OH excluding ortho intramolecular Hbond substituents is 3. The van der Waals surface area contributed by atoms with Gasteiger partial charge in [-0.1, -0.05) is 28.1 Å². The predicted octanol–water partition coefficient (Wildman–Crippen LogP) is 3.46. The molecule has 0 aromatic heterocycles. The highest BCUT2D eigenvalue weighted by atomic mass is 79.9. The van der Waals surface area contributed by atoms with E-state index in [1.165, 1.54) is 36.4 Å². The van der Waals surface area contributed by atoms with Gasteiger partial charge in [-0.25, -0.2) is 0 Å². The summed E-state index contributed by atoms with van der Waals surface area (Å²) in [5, 5.41) is 28.2. The molecule has 0 spiro atoms. The molecule has 0 heterocycles. The molecule has 4 nitrogen and oxygen atoms in total. The Morgan fingerprint density at radius 3 is 2.35 bits per heavy atom. The fourth-order valence-electron chi connectivity index (χ4n) is 1.62. The highest BCUT2D eigenvalue weighted by Crippen LogP contribution is 2.26. The van der Waals surface area contributed by atoms with Crippen molar-refractivity contribution in [3.8, 4) is 17.2 Å². The van der Waals surface area contributed by atoms with Crippen LogP contribution < -0.4 is 0 Å².